The highest BCUT2D eigenvalue weighted by Crippen LogP contribution is 2.37. The minimum absolute atomic E-state index is 1.02. The molecule has 3 rings (SSSR count). The first-order valence-corrected chi connectivity index (χ1v) is 8.86. The van der Waals surface area contributed by atoms with Gasteiger partial charge in [0.1, 0.15) is 0 Å². The van der Waals surface area contributed by atoms with E-state index in [0.29, 0.717) is 0 Å². The molecule has 0 aliphatic heterocycles. The minimum Gasteiger partial charge on any atom is -0.384 e. The molecule has 1 aliphatic carbocycles. The average Bonchev–Trinajstić information content (AvgIpc) is 2.73. The van der Waals surface area contributed by atoms with Crippen molar-refractivity contribution in [1.82, 2.24) is 4.98 Å². The zero-order valence-electron chi connectivity index (χ0n) is 12.9. The number of aryl methyl sites for hydroxylation is 2. The smallest absolute Gasteiger partial charge is 0.0766 e. The molecule has 1 N–H and O–H groups in total. The third-order valence-electron chi connectivity index (χ3n) is 4.37. The van der Waals surface area contributed by atoms with E-state index in [9.17, 15) is 0 Å². The maximum atomic E-state index is 5.03. The second-order valence-corrected chi connectivity index (χ2v) is 6.84. The SMILES string of the molecule is CCCNc1c2c(nc3c(C)ccc(Br)c13)CCCCC2. The van der Waals surface area contributed by atoms with E-state index >= 15 is 0 Å². The fraction of sp³-hybridized carbons (Fsp3) is 0.500. The Hall–Kier alpha value is -1.09. The first kappa shape index (κ1) is 14.8. The van der Waals surface area contributed by atoms with Crippen LogP contribution in [0.25, 0.3) is 10.9 Å². The number of rotatable bonds is 3. The molecule has 0 bridgehead atoms. The molecule has 0 saturated carbocycles. The molecule has 0 radical (unpaired) electrons. The van der Waals surface area contributed by atoms with Gasteiger partial charge in [-0.05, 0) is 56.2 Å². The number of hydrogen-bond acceptors (Lipinski definition) is 2. The quantitative estimate of drug-likeness (QED) is 0.753. The Morgan fingerprint density at radius 1 is 1.19 bits per heavy atom. The molecule has 21 heavy (non-hydrogen) atoms. The first-order valence-electron chi connectivity index (χ1n) is 8.06. The zero-order valence-corrected chi connectivity index (χ0v) is 14.5. The van der Waals surface area contributed by atoms with Crippen LogP contribution in [0.1, 0.15) is 49.4 Å². The van der Waals surface area contributed by atoms with Crippen LogP contribution in [0.15, 0.2) is 16.6 Å². The van der Waals surface area contributed by atoms with Crippen LogP contribution in [0.3, 0.4) is 0 Å². The summed E-state index contributed by atoms with van der Waals surface area (Å²) in [4.78, 5) is 5.03. The fourth-order valence-electron chi connectivity index (χ4n) is 3.24. The third-order valence-corrected chi connectivity index (χ3v) is 5.03. The van der Waals surface area contributed by atoms with E-state index in [4.69, 9.17) is 4.98 Å². The number of halogens is 1. The number of hydrogen-bond donors (Lipinski definition) is 1. The summed E-state index contributed by atoms with van der Waals surface area (Å²) in [5.41, 5.74) is 6.53. The van der Waals surface area contributed by atoms with Crippen molar-refractivity contribution >= 4 is 32.5 Å². The van der Waals surface area contributed by atoms with E-state index < -0.39 is 0 Å². The van der Waals surface area contributed by atoms with E-state index in [-0.39, 0.29) is 0 Å². The summed E-state index contributed by atoms with van der Waals surface area (Å²) in [6.07, 6.45) is 7.29. The molecular formula is C18H23BrN2. The molecular weight excluding hydrogens is 324 g/mol. The third kappa shape index (κ3) is 2.80. The van der Waals surface area contributed by atoms with Crippen LogP contribution in [0.5, 0.6) is 0 Å². The highest BCUT2D eigenvalue weighted by Gasteiger charge is 2.19. The van der Waals surface area contributed by atoms with Crippen LogP contribution in [-0.2, 0) is 12.8 Å². The number of fused-ring (bicyclic) bond motifs is 2. The normalized spacial score (nSPS) is 14.8. The Morgan fingerprint density at radius 3 is 2.81 bits per heavy atom. The van der Waals surface area contributed by atoms with Crippen LogP contribution >= 0.6 is 15.9 Å². The number of nitrogens with one attached hydrogen (secondary N) is 1. The maximum absolute atomic E-state index is 5.03. The lowest BCUT2D eigenvalue weighted by Crippen LogP contribution is -2.08. The zero-order chi connectivity index (χ0) is 14.8. The van der Waals surface area contributed by atoms with Crippen molar-refractivity contribution < 1.29 is 0 Å². The monoisotopic (exact) mass is 346 g/mol. The van der Waals surface area contributed by atoms with Gasteiger partial charge in [-0.3, -0.25) is 4.98 Å². The Labute approximate surface area is 135 Å². The lowest BCUT2D eigenvalue weighted by atomic mass is 10.00. The number of aromatic nitrogens is 1. The summed E-state index contributed by atoms with van der Waals surface area (Å²) in [5.74, 6) is 0. The predicted octanol–water partition coefficient (Wildman–Crippen LogP) is 5.40. The number of pyridine rings is 1. The fourth-order valence-corrected chi connectivity index (χ4v) is 3.76. The van der Waals surface area contributed by atoms with Gasteiger partial charge in [0.25, 0.3) is 0 Å². The van der Waals surface area contributed by atoms with Gasteiger partial charge in [0.2, 0.25) is 0 Å². The predicted molar refractivity (Wildman–Crippen MR) is 94.2 cm³/mol. The lowest BCUT2D eigenvalue weighted by molar-refractivity contribution is 0.709. The highest BCUT2D eigenvalue weighted by atomic mass is 79.9. The Bertz CT molecular complexity index is 664. The number of nitrogens with zero attached hydrogens (tertiary/aromatic N) is 1. The summed E-state index contributed by atoms with van der Waals surface area (Å²) in [5, 5.41) is 4.96. The second-order valence-electron chi connectivity index (χ2n) is 5.99. The summed E-state index contributed by atoms with van der Waals surface area (Å²) in [6, 6.07) is 4.31. The minimum atomic E-state index is 1.02. The van der Waals surface area contributed by atoms with Gasteiger partial charge in [0.05, 0.1) is 5.52 Å². The van der Waals surface area contributed by atoms with Crippen LogP contribution in [0, 0.1) is 6.92 Å². The standard InChI is InChI=1S/C18H23BrN2/c1-3-11-20-18-13-7-5-4-6-8-15(13)21-17-12(2)9-10-14(19)16(17)18/h9-10H,3-8,11H2,1-2H3,(H,20,21). The highest BCUT2D eigenvalue weighted by molar-refractivity contribution is 9.10. The molecule has 2 nitrogen and oxygen atoms in total. The molecule has 0 unspecified atom stereocenters. The van der Waals surface area contributed by atoms with E-state index in [1.54, 1.807) is 0 Å². The van der Waals surface area contributed by atoms with Gasteiger partial charge < -0.3 is 5.32 Å². The van der Waals surface area contributed by atoms with Gasteiger partial charge in [-0.25, -0.2) is 0 Å². The summed E-state index contributed by atoms with van der Waals surface area (Å²) in [7, 11) is 0. The van der Waals surface area contributed by atoms with E-state index in [1.807, 2.05) is 0 Å². The van der Waals surface area contributed by atoms with Crippen molar-refractivity contribution in [2.24, 2.45) is 0 Å². The lowest BCUT2D eigenvalue weighted by Gasteiger charge is -2.19. The molecule has 0 atom stereocenters. The molecule has 3 heteroatoms. The van der Waals surface area contributed by atoms with Crippen molar-refractivity contribution in [3.8, 4) is 0 Å². The number of benzene rings is 1. The van der Waals surface area contributed by atoms with Gasteiger partial charge in [0, 0.05) is 27.8 Å². The summed E-state index contributed by atoms with van der Waals surface area (Å²) >= 11 is 3.74. The largest absolute Gasteiger partial charge is 0.384 e. The molecule has 0 amide bonds. The maximum Gasteiger partial charge on any atom is 0.0766 e. The van der Waals surface area contributed by atoms with Gasteiger partial charge >= 0.3 is 0 Å². The average molecular weight is 347 g/mol. The van der Waals surface area contributed by atoms with E-state index in [0.717, 1.165) is 35.8 Å². The van der Waals surface area contributed by atoms with Crippen molar-refractivity contribution in [2.45, 2.75) is 52.4 Å². The molecule has 0 fully saturated rings. The summed E-state index contributed by atoms with van der Waals surface area (Å²) < 4.78 is 1.15. The Balaban J connectivity index is 2.29. The van der Waals surface area contributed by atoms with Gasteiger partial charge in [-0.1, -0.05) is 35.3 Å². The molecule has 0 saturated heterocycles. The van der Waals surface area contributed by atoms with Crippen LogP contribution in [-0.4, -0.2) is 11.5 Å². The first-order chi connectivity index (χ1) is 10.2. The van der Waals surface area contributed by atoms with Gasteiger partial charge in [-0.15, -0.1) is 0 Å². The van der Waals surface area contributed by atoms with Crippen LogP contribution in [0.2, 0.25) is 0 Å². The van der Waals surface area contributed by atoms with Crippen molar-refractivity contribution in [3.05, 3.63) is 33.4 Å². The second kappa shape index (κ2) is 6.35. The van der Waals surface area contributed by atoms with E-state index in [2.05, 4.69) is 47.2 Å². The van der Waals surface area contributed by atoms with Crippen LogP contribution in [0.4, 0.5) is 5.69 Å². The van der Waals surface area contributed by atoms with Crippen molar-refractivity contribution in [3.63, 3.8) is 0 Å². The Morgan fingerprint density at radius 2 is 2.00 bits per heavy atom. The van der Waals surface area contributed by atoms with E-state index in [1.165, 1.54) is 47.2 Å². The number of anilines is 1. The topological polar surface area (TPSA) is 24.9 Å². The Kier molecular flexibility index (Phi) is 4.48. The molecule has 1 heterocycles. The van der Waals surface area contributed by atoms with Crippen molar-refractivity contribution in [2.75, 3.05) is 11.9 Å². The van der Waals surface area contributed by atoms with Gasteiger partial charge in [0.15, 0.2) is 0 Å². The van der Waals surface area contributed by atoms with Crippen molar-refractivity contribution in [1.29, 1.82) is 0 Å². The molecule has 1 aliphatic rings. The molecule has 112 valence electrons. The molecule has 0 spiro atoms. The van der Waals surface area contributed by atoms with Crippen LogP contribution < -0.4 is 5.32 Å². The van der Waals surface area contributed by atoms with Gasteiger partial charge in [-0.2, -0.15) is 0 Å². The molecule has 1 aromatic heterocycles. The summed E-state index contributed by atoms with van der Waals surface area (Å²) in [6.45, 7) is 5.40. The molecule has 1 aromatic carbocycles. The molecule has 2 aromatic rings.